The van der Waals surface area contributed by atoms with Crippen LogP contribution in [0.1, 0.15) is 47.0 Å². The van der Waals surface area contributed by atoms with E-state index in [1.807, 2.05) is 51.1 Å². The molecule has 3 aliphatic rings. The van der Waals surface area contributed by atoms with Gasteiger partial charge in [0.2, 0.25) is 17.7 Å². The first-order valence-electron chi connectivity index (χ1n) is 13.7. The van der Waals surface area contributed by atoms with Crippen molar-refractivity contribution in [2.24, 2.45) is 11.8 Å². The van der Waals surface area contributed by atoms with Gasteiger partial charge < -0.3 is 24.5 Å². The van der Waals surface area contributed by atoms with Crippen LogP contribution in [0.3, 0.4) is 0 Å². The van der Waals surface area contributed by atoms with Crippen LogP contribution < -0.4 is 4.90 Å². The summed E-state index contributed by atoms with van der Waals surface area (Å²) in [4.78, 5) is 47.8. The molecule has 0 saturated carbocycles. The van der Waals surface area contributed by atoms with Crippen molar-refractivity contribution in [1.82, 2.24) is 9.80 Å². The molecule has 1 aromatic rings. The zero-order chi connectivity index (χ0) is 27.8. The van der Waals surface area contributed by atoms with Crippen LogP contribution in [0.2, 0.25) is 0 Å². The lowest BCUT2D eigenvalue weighted by atomic mass is 9.64. The number of fused-ring (bicyclic) bond motifs is 1. The summed E-state index contributed by atoms with van der Waals surface area (Å²) in [5, 5.41) is 10.1. The Morgan fingerprint density at radius 3 is 2.34 bits per heavy atom. The Morgan fingerprint density at radius 2 is 1.79 bits per heavy atom. The predicted octanol–water partition coefficient (Wildman–Crippen LogP) is 3.16. The van der Waals surface area contributed by atoms with Gasteiger partial charge in [-0.1, -0.05) is 37.3 Å². The molecule has 1 spiro atoms. The van der Waals surface area contributed by atoms with Gasteiger partial charge in [0.15, 0.2) is 0 Å². The molecule has 8 heteroatoms. The fraction of sp³-hybridized carbons (Fsp3) is 0.567. The van der Waals surface area contributed by atoms with Gasteiger partial charge in [0.1, 0.15) is 11.6 Å². The minimum atomic E-state index is -1.14. The Bertz CT molecular complexity index is 1090. The average molecular weight is 524 g/mol. The third-order valence-corrected chi connectivity index (χ3v) is 8.74. The number of amides is 3. The fourth-order valence-corrected chi connectivity index (χ4v) is 6.95. The highest BCUT2D eigenvalue weighted by atomic mass is 16.5. The Kier molecular flexibility index (Phi) is 7.86. The van der Waals surface area contributed by atoms with E-state index in [4.69, 9.17) is 4.74 Å². The normalized spacial score (nSPS) is 30.3. The summed E-state index contributed by atoms with van der Waals surface area (Å²) in [7, 11) is 0. The highest BCUT2D eigenvalue weighted by Gasteiger charge is 2.79. The third-order valence-electron chi connectivity index (χ3n) is 8.74. The Balaban J connectivity index is 1.85. The molecule has 0 aromatic heterocycles. The van der Waals surface area contributed by atoms with Crippen molar-refractivity contribution in [3.8, 4) is 0 Å². The van der Waals surface area contributed by atoms with E-state index >= 15 is 0 Å². The number of para-hydroxylation sites is 1. The third kappa shape index (κ3) is 4.09. The maximum atomic E-state index is 14.4. The van der Waals surface area contributed by atoms with Crippen molar-refractivity contribution < 1.29 is 24.2 Å². The van der Waals surface area contributed by atoms with Gasteiger partial charge in [0.25, 0.3) is 0 Å². The van der Waals surface area contributed by atoms with Gasteiger partial charge in [-0.25, -0.2) is 0 Å². The van der Waals surface area contributed by atoms with Crippen molar-refractivity contribution in [2.45, 2.75) is 76.3 Å². The number of carbonyl (C=O) groups excluding carboxylic acids is 3. The fourth-order valence-electron chi connectivity index (χ4n) is 6.95. The maximum Gasteiger partial charge on any atom is 0.248 e. The van der Waals surface area contributed by atoms with E-state index in [0.717, 1.165) is 5.69 Å². The number of benzene rings is 1. The summed E-state index contributed by atoms with van der Waals surface area (Å²) < 4.78 is 6.86. The van der Waals surface area contributed by atoms with E-state index in [0.29, 0.717) is 25.8 Å². The second-order valence-corrected chi connectivity index (χ2v) is 11.1. The van der Waals surface area contributed by atoms with Crippen molar-refractivity contribution in [2.75, 3.05) is 24.6 Å². The number of carbonyl (C=O) groups is 3. The number of aliphatic hydroxyl groups is 1. The number of hydrogen-bond donors (Lipinski definition) is 1. The van der Waals surface area contributed by atoms with Crippen LogP contribution in [-0.2, 0) is 19.1 Å². The van der Waals surface area contributed by atoms with E-state index in [2.05, 4.69) is 13.2 Å². The molecule has 2 unspecified atom stereocenters. The molecule has 6 atom stereocenters. The summed E-state index contributed by atoms with van der Waals surface area (Å²) in [5.41, 5.74) is -1.27. The van der Waals surface area contributed by atoms with Crippen LogP contribution in [0.15, 0.2) is 55.6 Å². The lowest BCUT2D eigenvalue weighted by Crippen LogP contribution is -2.59. The highest BCUT2D eigenvalue weighted by molar-refractivity contribution is 6.03. The zero-order valence-electron chi connectivity index (χ0n) is 23.0. The number of ether oxygens (including phenoxy) is 1. The summed E-state index contributed by atoms with van der Waals surface area (Å²) in [6.07, 6.45) is 4.96. The smallest absolute Gasteiger partial charge is 0.248 e. The van der Waals surface area contributed by atoms with Gasteiger partial charge in [-0.2, -0.15) is 0 Å². The van der Waals surface area contributed by atoms with Crippen molar-refractivity contribution >= 4 is 23.4 Å². The Labute approximate surface area is 225 Å². The zero-order valence-corrected chi connectivity index (χ0v) is 23.0. The van der Waals surface area contributed by atoms with Crippen LogP contribution in [0, 0.1) is 11.8 Å². The second kappa shape index (κ2) is 10.7. The number of likely N-dealkylation sites (tertiary alicyclic amines) is 1. The molecule has 38 heavy (non-hydrogen) atoms. The number of anilines is 1. The molecule has 1 aromatic carbocycles. The summed E-state index contributed by atoms with van der Waals surface area (Å²) in [5.74, 6) is -2.31. The molecule has 3 aliphatic heterocycles. The van der Waals surface area contributed by atoms with Crippen molar-refractivity contribution in [3.63, 3.8) is 0 Å². The molecular formula is C30H41N3O5. The predicted molar refractivity (Wildman–Crippen MR) is 146 cm³/mol. The standard InChI is InChI=1S/C30H41N3O5/c1-7-17-31(20(4)5)28(37)25-30-16-15-29(9-3,38-30)23(24(30)27(36)33(25)21(6)19-34)26(35)32(18-8-2)22-13-11-10-12-14-22/h7-8,10-14,20-21,23-25,34H,1-2,9,15-19H2,3-6H3/t21-,23+,24+,25?,29-,30?/m1/s1. The van der Waals surface area contributed by atoms with Crippen molar-refractivity contribution in [3.05, 3.63) is 55.6 Å². The van der Waals surface area contributed by atoms with Crippen molar-refractivity contribution in [1.29, 1.82) is 0 Å². The largest absolute Gasteiger partial charge is 0.394 e. The Hall–Kier alpha value is -2.97. The van der Waals surface area contributed by atoms with E-state index in [1.165, 1.54) is 4.90 Å². The summed E-state index contributed by atoms with van der Waals surface area (Å²) in [6.45, 7) is 15.5. The molecule has 3 saturated heterocycles. The quantitative estimate of drug-likeness (QED) is 0.450. The first-order valence-corrected chi connectivity index (χ1v) is 13.7. The lowest BCUT2D eigenvalue weighted by Gasteiger charge is -2.39. The van der Waals surface area contributed by atoms with E-state index in [9.17, 15) is 19.5 Å². The molecule has 206 valence electrons. The molecule has 3 heterocycles. The van der Waals surface area contributed by atoms with Crippen LogP contribution in [0.4, 0.5) is 5.69 Å². The maximum absolute atomic E-state index is 14.4. The minimum Gasteiger partial charge on any atom is -0.394 e. The van der Waals surface area contributed by atoms with Crippen LogP contribution >= 0.6 is 0 Å². The van der Waals surface area contributed by atoms with Crippen LogP contribution in [-0.4, -0.2) is 81.7 Å². The molecular weight excluding hydrogens is 482 g/mol. The van der Waals surface area contributed by atoms with E-state index in [1.54, 1.807) is 28.9 Å². The van der Waals surface area contributed by atoms with Gasteiger partial charge in [-0.05, 0) is 52.2 Å². The summed E-state index contributed by atoms with van der Waals surface area (Å²) in [6, 6.07) is 7.68. The first kappa shape index (κ1) is 28.0. The molecule has 0 aliphatic carbocycles. The monoisotopic (exact) mass is 523 g/mol. The van der Waals surface area contributed by atoms with Gasteiger partial charge >= 0.3 is 0 Å². The molecule has 3 amide bonds. The van der Waals surface area contributed by atoms with Gasteiger partial charge in [0.05, 0.1) is 30.1 Å². The number of nitrogens with zero attached hydrogens (tertiary/aromatic N) is 3. The first-order chi connectivity index (χ1) is 18.1. The SMILES string of the molecule is C=CCN(C(=O)[C@@H]1[C@H]2C(=O)N([C@H](C)CO)C(C(=O)N(CC=C)C(C)C)C23CC[C@@]1(CC)O3)c1ccccc1. The van der Waals surface area contributed by atoms with Gasteiger partial charge in [0, 0.05) is 24.8 Å². The lowest BCUT2D eigenvalue weighted by molar-refractivity contribution is -0.156. The van der Waals surface area contributed by atoms with Crippen LogP contribution in [0.5, 0.6) is 0 Å². The summed E-state index contributed by atoms with van der Waals surface area (Å²) >= 11 is 0. The minimum absolute atomic E-state index is 0.130. The highest BCUT2D eigenvalue weighted by Crippen LogP contribution is 2.65. The number of hydrogen-bond acceptors (Lipinski definition) is 5. The Morgan fingerprint density at radius 1 is 1.13 bits per heavy atom. The van der Waals surface area contributed by atoms with E-state index in [-0.39, 0.29) is 36.9 Å². The number of rotatable bonds is 11. The molecule has 2 bridgehead atoms. The number of aliphatic hydroxyl groups excluding tert-OH is 1. The van der Waals surface area contributed by atoms with Gasteiger partial charge in [-0.3, -0.25) is 14.4 Å². The topological polar surface area (TPSA) is 90.4 Å². The molecule has 4 rings (SSSR count). The molecule has 8 nitrogen and oxygen atoms in total. The average Bonchev–Trinajstić information content (AvgIpc) is 3.53. The second-order valence-electron chi connectivity index (χ2n) is 11.1. The van der Waals surface area contributed by atoms with Gasteiger partial charge in [-0.15, -0.1) is 13.2 Å². The molecule has 3 fully saturated rings. The van der Waals surface area contributed by atoms with Crippen LogP contribution in [0.25, 0.3) is 0 Å². The molecule has 0 radical (unpaired) electrons. The molecule has 1 N–H and O–H groups in total. The van der Waals surface area contributed by atoms with E-state index < -0.39 is 35.1 Å².